The van der Waals surface area contributed by atoms with Crippen LogP contribution in [-0.2, 0) is 6.42 Å². The Balaban J connectivity index is 0.00000342. The lowest BCUT2D eigenvalue weighted by molar-refractivity contribution is 0.0824. The molecule has 35 heavy (non-hydrogen) atoms. The van der Waals surface area contributed by atoms with Crippen LogP contribution in [0.4, 0.5) is 0 Å². The molecular formula is C27H31ClN4O2S. The fourth-order valence-corrected chi connectivity index (χ4v) is 5.06. The summed E-state index contributed by atoms with van der Waals surface area (Å²) in [7, 11) is 0. The molecule has 1 aliphatic rings. The molecule has 0 spiro atoms. The first-order valence-corrected chi connectivity index (χ1v) is 12.5. The molecule has 1 fully saturated rings. The molecule has 1 N–H and O–H groups in total. The van der Waals surface area contributed by atoms with Crippen LogP contribution in [0.5, 0.6) is 5.75 Å². The van der Waals surface area contributed by atoms with Gasteiger partial charge in [-0.1, -0.05) is 44.2 Å². The highest BCUT2D eigenvalue weighted by Crippen LogP contribution is 2.31. The molecule has 3 aromatic rings. The van der Waals surface area contributed by atoms with Crippen molar-refractivity contribution in [2.75, 3.05) is 19.7 Å². The zero-order valence-electron chi connectivity index (χ0n) is 20.3. The van der Waals surface area contributed by atoms with Crippen molar-refractivity contribution < 1.29 is 9.53 Å². The van der Waals surface area contributed by atoms with E-state index in [1.165, 1.54) is 16.9 Å². The molecule has 0 saturated carbocycles. The predicted molar refractivity (Wildman–Crippen MR) is 142 cm³/mol. The van der Waals surface area contributed by atoms with Gasteiger partial charge in [0, 0.05) is 18.7 Å². The van der Waals surface area contributed by atoms with E-state index in [2.05, 4.69) is 54.6 Å². The molecule has 8 heteroatoms. The van der Waals surface area contributed by atoms with Crippen molar-refractivity contribution in [3.63, 3.8) is 0 Å². The molecule has 0 aliphatic carbocycles. The second-order valence-electron chi connectivity index (χ2n) is 9.19. The van der Waals surface area contributed by atoms with Gasteiger partial charge in [-0.05, 0) is 55.4 Å². The number of aromatic nitrogens is 1. The number of rotatable bonds is 8. The van der Waals surface area contributed by atoms with Gasteiger partial charge in [0.2, 0.25) is 0 Å². The van der Waals surface area contributed by atoms with Crippen molar-refractivity contribution in [2.45, 2.75) is 33.6 Å². The lowest BCUT2D eigenvalue weighted by atomic mass is 9.99. The van der Waals surface area contributed by atoms with Gasteiger partial charge in [-0.15, -0.1) is 23.7 Å². The van der Waals surface area contributed by atoms with E-state index in [-0.39, 0.29) is 18.3 Å². The van der Waals surface area contributed by atoms with Crippen molar-refractivity contribution in [2.24, 2.45) is 11.8 Å². The van der Waals surface area contributed by atoms with E-state index in [0.29, 0.717) is 40.3 Å². The van der Waals surface area contributed by atoms with E-state index in [4.69, 9.17) is 4.74 Å². The van der Waals surface area contributed by atoms with E-state index in [1.807, 2.05) is 30.1 Å². The second-order valence-corrected chi connectivity index (χ2v) is 10.2. The molecule has 4 rings (SSSR count). The zero-order chi connectivity index (χ0) is 24.1. The van der Waals surface area contributed by atoms with Crippen LogP contribution in [-0.4, -0.2) is 35.6 Å². The van der Waals surface area contributed by atoms with Gasteiger partial charge in [-0.2, -0.15) is 5.26 Å². The van der Waals surface area contributed by atoms with Crippen molar-refractivity contribution in [1.82, 2.24) is 15.4 Å². The van der Waals surface area contributed by atoms with Gasteiger partial charge in [0.05, 0.1) is 17.9 Å². The van der Waals surface area contributed by atoms with E-state index in [1.54, 1.807) is 6.07 Å². The summed E-state index contributed by atoms with van der Waals surface area (Å²) in [6.45, 7) is 8.22. The highest BCUT2D eigenvalue weighted by atomic mass is 35.5. The molecular weight excluding hydrogens is 480 g/mol. The van der Waals surface area contributed by atoms with Gasteiger partial charge in [-0.3, -0.25) is 10.2 Å². The minimum Gasteiger partial charge on any atom is -0.492 e. The second kappa shape index (κ2) is 12.2. The smallest absolute Gasteiger partial charge is 0.277 e. The van der Waals surface area contributed by atoms with Crippen molar-refractivity contribution in [1.29, 1.82) is 5.26 Å². The van der Waals surface area contributed by atoms with Crippen LogP contribution >= 0.6 is 23.7 Å². The van der Waals surface area contributed by atoms with Gasteiger partial charge in [-0.25, -0.2) is 9.99 Å². The summed E-state index contributed by atoms with van der Waals surface area (Å²) in [6.07, 6.45) is 2.08. The molecule has 1 amide bonds. The SMILES string of the molecule is Cc1nc(-c2ccc(OCC(C)C)c(C#N)c2)sc1C(=O)NN1CCC(Cc2ccccc2)C1.Cl. The molecule has 0 bridgehead atoms. The lowest BCUT2D eigenvalue weighted by Gasteiger charge is -2.17. The number of hydrazine groups is 1. The molecule has 0 radical (unpaired) electrons. The fraction of sp³-hybridized carbons (Fsp3) is 0.370. The topological polar surface area (TPSA) is 78.2 Å². The highest BCUT2D eigenvalue weighted by Gasteiger charge is 2.26. The Hall–Kier alpha value is -2.92. The maximum atomic E-state index is 13.0. The van der Waals surface area contributed by atoms with Gasteiger partial charge in [0.15, 0.2) is 0 Å². The fourth-order valence-electron chi connectivity index (χ4n) is 4.11. The summed E-state index contributed by atoms with van der Waals surface area (Å²) in [5, 5.41) is 12.3. The van der Waals surface area contributed by atoms with Crippen LogP contribution in [0.3, 0.4) is 0 Å². The molecule has 1 unspecified atom stereocenters. The summed E-state index contributed by atoms with van der Waals surface area (Å²) < 4.78 is 5.76. The summed E-state index contributed by atoms with van der Waals surface area (Å²) >= 11 is 1.35. The number of carbonyl (C=O) groups is 1. The third kappa shape index (κ3) is 6.82. The van der Waals surface area contributed by atoms with Gasteiger partial charge in [0.25, 0.3) is 5.91 Å². The van der Waals surface area contributed by atoms with Crippen LogP contribution < -0.4 is 10.2 Å². The van der Waals surface area contributed by atoms with E-state index < -0.39 is 0 Å². The Morgan fingerprint density at radius 1 is 1.29 bits per heavy atom. The number of thiazole rings is 1. The first-order valence-electron chi connectivity index (χ1n) is 11.7. The lowest BCUT2D eigenvalue weighted by Crippen LogP contribution is -2.40. The number of aryl methyl sites for hydroxylation is 1. The largest absolute Gasteiger partial charge is 0.492 e. The van der Waals surface area contributed by atoms with Crippen molar-refractivity contribution >= 4 is 29.7 Å². The van der Waals surface area contributed by atoms with Gasteiger partial charge < -0.3 is 4.74 Å². The number of ether oxygens (including phenoxy) is 1. The number of halogens is 1. The molecule has 1 aliphatic heterocycles. The van der Waals surface area contributed by atoms with E-state index >= 15 is 0 Å². The quantitative estimate of drug-likeness (QED) is 0.423. The third-order valence-electron chi connectivity index (χ3n) is 5.83. The summed E-state index contributed by atoms with van der Waals surface area (Å²) in [5.41, 5.74) is 6.37. The molecule has 1 aromatic heterocycles. The minimum absolute atomic E-state index is 0. The van der Waals surface area contributed by atoms with Crippen LogP contribution in [0, 0.1) is 30.1 Å². The number of nitrogens with one attached hydrogen (secondary N) is 1. The Kier molecular flexibility index (Phi) is 9.27. The summed E-state index contributed by atoms with van der Waals surface area (Å²) in [5.74, 6) is 1.35. The predicted octanol–water partition coefficient (Wildman–Crippen LogP) is 5.66. The van der Waals surface area contributed by atoms with E-state index in [9.17, 15) is 10.1 Å². The monoisotopic (exact) mass is 510 g/mol. The minimum atomic E-state index is -0.126. The third-order valence-corrected chi connectivity index (χ3v) is 7.04. The number of amides is 1. The standard InChI is InChI=1S/C27H30N4O2S.ClH/c1-18(2)17-33-24-10-9-22(14-23(24)15-28)27-29-19(3)25(34-27)26(32)30-31-12-11-21(16-31)13-20-7-5-4-6-8-20;/h4-10,14,18,21H,11-13,16-17H2,1-3H3,(H,30,32);1H. The van der Waals surface area contributed by atoms with Gasteiger partial charge in [0.1, 0.15) is 21.7 Å². The summed E-state index contributed by atoms with van der Waals surface area (Å²) in [6, 6.07) is 18.2. The van der Waals surface area contributed by atoms with Crippen LogP contribution in [0.15, 0.2) is 48.5 Å². The van der Waals surface area contributed by atoms with E-state index in [0.717, 1.165) is 36.5 Å². The van der Waals surface area contributed by atoms with Crippen molar-refractivity contribution in [3.8, 4) is 22.4 Å². The zero-order valence-corrected chi connectivity index (χ0v) is 21.9. The number of benzene rings is 2. The Morgan fingerprint density at radius 2 is 2.06 bits per heavy atom. The van der Waals surface area contributed by atoms with Gasteiger partial charge >= 0.3 is 0 Å². The average molecular weight is 511 g/mol. The molecule has 2 heterocycles. The first kappa shape index (κ1) is 26.7. The molecule has 184 valence electrons. The Labute approximate surface area is 217 Å². The average Bonchev–Trinajstić information content (AvgIpc) is 3.44. The number of nitriles is 1. The number of hydrogen-bond acceptors (Lipinski definition) is 6. The normalized spacial score (nSPS) is 15.5. The highest BCUT2D eigenvalue weighted by molar-refractivity contribution is 7.17. The van der Waals surface area contributed by atoms with Crippen molar-refractivity contribution in [3.05, 3.63) is 70.2 Å². The number of hydrogen-bond donors (Lipinski definition) is 1. The molecule has 1 atom stereocenters. The molecule has 2 aromatic carbocycles. The van der Waals surface area contributed by atoms with Crippen LogP contribution in [0.1, 0.15) is 46.8 Å². The maximum absolute atomic E-state index is 13.0. The summed E-state index contributed by atoms with van der Waals surface area (Å²) in [4.78, 5) is 18.2. The van der Waals surface area contributed by atoms with Crippen LogP contribution in [0.2, 0.25) is 0 Å². The maximum Gasteiger partial charge on any atom is 0.277 e. The van der Waals surface area contributed by atoms with Crippen LogP contribution in [0.25, 0.3) is 10.6 Å². The number of carbonyl (C=O) groups excluding carboxylic acids is 1. The Bertz CT molecular complexity index is 1190. The first-order chi connectivity index (χ1) is 16.4. The molecule has 1 saturated heterocycles. The Morgan fingerprint density at radius 3 is 2.77 bits per heavy atom. The number of nitrogens with zero attached hydrogens (tertiary/aromatic N) is 3. The molecule has 6 nitrogen and oxygen atoms in total.